The van der Waals surface area contributed by atoms with Crippen LogP contribution in [0, 0.1) is 0 Å². The van der Waals surface area contributed by atoms with Gasteiger partial charge in [0.1, 0.15) is 5.75 Å². The minimum atomic E-state index is -0.181. The van der Waals surface area contributed by atoms with Gasteiger partial charge in [-0.2, -0.15) is 0 Å². The van der Waals surface area contributed by atoms with E-state index in [4.69, 9.17) is 4.74 Å². The Balaban J connectivity index is 1.28. The maximum Gasteiger partial charge on any atom is 0.261 e. The number of fused-ring (bicyclic) bond motifs is 2. The van der Waals surface area contributed by atoms with E-state index in [2.05, 4.69) is 12.1 Å². The number of carbonyl (C=O) groups excluding carboxylic acids is 2. The van der Waals surface area contributed by atoms with Crippen LogP contribution >= 0.6 is 11.8 Å². The summed E-state index contributed by atoms with van der Waals surface area (Å²) in [5.74, 6) is 1.75. The van der Waals surface area contributed by atoms with E-state index in [0.29, 0.717) is 24.3 Å². The SMILES string of the molecule is O=C1c2ccccc2C(=O)N1CCCCOc1cccc2c1SCCC2. The van der Waals surface area contributed by atoms with E-state index in [-0.39, 0.29) is 11.8 Å². The third-order valence-electron chi connectivity index (χ3n) is 4.81. The molecule has 26 heavy (non-hydrogen) atoms. The molecule has 0 radical (unpaired) electrons. The summed E-state index contributed by atoms with van der Waals surface area (Å²) in [7, 11) is 0. The number of carbonyl (C=O) groups is 2. The number of hydrogen-bond donors (Lipinski definition) is 0. The van der Waals surface area contributed by atoms with Gasteiger partial charge in [0.25, 0.3) is 11.8 Å². The van der Waals surface area contributed by atoms with Crippen LogP contribution < -0.4 is 4.74 Å². The molecule has 0 aromatic heterocycles. The van der Waals surface area contributed by atoms with Gasteiger partial charge >= 0.3 is 0 Å². The van der Waals surface area contributed by atoms with E-state index in [1.54, 1.807) is 24.3 Å². The number of unbranched alkanes of at least 4 members (excludes halogenated alkanes) is 1. The molecular weight excluding hydrogens is 346 g/mol. The van der Waals surface area contributed by atoms with Gasteiger partial charge in [-0.3, -0.25) is 14.5 Å². The zero-order valence-electron chi connectivity index (χ0n) is 14.6. The summed E-state index contributed by atoms with van der Waals surface area (Å²) in [5, 5.41) is 0. The predicted molar refractivity (Wildman–Crippen MR) is 102 cm³/mol. The van der Waals surface area contributed by atoms with Crippen molar-refractivity contribution < 1.29 is 14.3 Å². The van der Waals surface area contributed by atoms with Gasteiger partial charge in [0.05, 0.1) is 22.6 Å². The first-order valence-corrected chi connectivity index (χ1v) is 10.1. The Kier molecular flexibility index (Phi) is 4.98. The Morgan fingerprint density at radius 2 is 1.73 bits per heavy atom. The van der Waals surface area contributed by atoms with Gasteiger partial charge < -0.3 is 4.74 Å². The molecule has 0 atom stereocenters. The van der Waals surface area contributed by atoms with Gasteiger partial charge in [0.2, 0.25) is 0 Å². The van der Waals surface area contributed by atoms with Crippen molar-refractivity contribution in [3.63, 3.8) is 0 Å². The van der Waals surface area contributed by atoms with Crippen LogP contribution in [0.4, 0.5) is 0 Å². The predicted octanol–water partition coefficient (Wildman–Crippen LogP) is 4.18. The average molecular weight is 367 g/mol. The second kappa shape index (κ2) is 7.54. The molecule has 4 nitrogen and oxygen atoms in total. The summed E-state index contributed by atoms with van der Waals surface area (Å²) in [6.07, 6.45) is 3.90. The van der Waals surface area contributed by atoms with Crippen molar-refractivity contribution in [2.24, 2.45) is 0 Å². The van der Waals surface area contributed by atoms with Crippen molar-refractivity contribution >= 4 is 23.6 Å². The number of rotatable bonds is 6. The molecule has 2 aliphatic rings. The molecule has 0 spiro atoms. The monoisotopic (exact) mass is 367 g/mol. The summed E-state index contributed by atoms with van der Waals surface area (Å²) in [5.41, 5.74) is 2.41. The van der Waals surface area contributed by atoms with Crippen LogP contribution in [0.25, 0.3) is 0 Å². The molecule has 0 bridgehead atoms. The van der Waals surface area contributed by atoms with E-state index in [9.17, 15) is 9.59 Å². The number of hydrogen-bond acceptors (Lipinski definition) is 4. The zero-order chi connectivity index (χ0) is 17.9. The van der Waals surface area contributed by atoms with E-state index >= 15 is 0 Å². The molecule has 2 aromatic carbocycles. The number of imide groups is 1. The van der Waals surface area contributed by atoms with Gasteiger partial charge in [-0.25, -0.2) is 0 Å². The number of benzene rings is 2. The average Bonchev–Trinajstić information content (AvgIpc) is 2.93. The van der Waals surface area contributed by atoms with E-state index in [0.717, 1.165) is 30.8 Å². The Labute approximate surface area is 157 Å². The lowest BCUT2D eigenvalue weighted by atomic mass is 10.1. The molecule has 0 aliphatic carbocycles. The van der Waals surface area contributed by atoms with Crippen molar-refractivity contribution in [2.45, 2.75) is 30.6 Å². The van der Waals surface area contributed by atoms with Crippen LogP contribution in [0.2, 0.25) is 0 Å². The first-order chi connectivity index (χ1) is 12.8. The van der Waals surface area contributed by atoms with Crippen molar-refractivity contribution in [1.82, 2.24) is 4.90 Å². The Bertz CT molecular complexity index is 814. The smallest absolute Gasteiger partial charge is 0.261 e. The summed E-state index contributed by atoms with van der Waals surface area (Å²) in [6, 6.07) is 13.3. The maximum absolute atomic E-state index is 12.3. The van der Waals surface area contributed by atoms with E-state index in [1.165, 1.54) is 21.8 Å². The third-order valence-corrected chi connectivity index (χ3v) is 6.05. The summed E-state index contributed by atoms with van der Waals surface area (Å²) < 4.78 is 5.98. The molecule has 5 heteroatoms. The quantitative estimate of drug-likeness (QED) is 0.568. The summed E-state index contributed by atoms with van der Waals surface area (Å²) in [4.78, 5) is 27.3. The van der Waals surface area contributed by atoms with Crippen LogP contribution in [-0.2, 0) is 6.42 Å². The highest BCUT2D eigenvalue weighted by atomic mass is 32.2. The third kappa shape index (κ3) is 3.23. The first kappa shape index (κ1) is 17.2. The maximum atomic E-state index is 12.3. The zero-order valence-corrected chi connectivity index (χ0v) is 15.4. The second-order valence-electron chi connectivity index (χ2n) is 6.56. The molecule has 2 aromatic rings. The van der Waals surface area contributed by atoms with Gasteiger partial charge in [0, 0.05) is 6.54 Å². The Hall–Kier alpha value is -2.27. The number of aryl methyl sites for hydroxylation is 1. The molecule has 0 fully saturated rings. The highest BCUT2D eigenvalue weighted by Gasteiger charge is 2.34. The van der Waals surface area contributed by atoms with Crippen molar-refractivity contribution in [1.29, 1.82) is 0 Å². The standard InChI is InChI=1S/C21H21NO3S/c23-20-16-9-1-2-10-17(16)21(24)22(20)12-3-4-13-25-18-11-5-7-15-8-6-14-26-19(15)18/h1-2,5,7,9-11H,3-4,6,8,12-14H2. The number of nitrogens with zero attached hydrogens (tertiary/aromatic N) is 1. The van der Waals surface area contributed by atoms with Crippen molar-refractivity contribution in [3.8, 4) is 5.75 Å². The lowest BCUT2D eigenvalue weighted by molar-refractivity contribution is 0.0649. The minimum Gasteiger partial charge on any atom is -0.492 e. The molecule has 2 aliphatic heterocycles. The highest BCUT2D eigenvalue weighted by Crippen LogP contribution is 2.37. The lowest BCUT2D eigenvalue weighted by Crippen LogP contribution is -2.30. The highest BCUT2D eigenvalue weighted by molar-refractivity contribution is 7.99. The fourth-order valence-corrected chi connectivity index (χ4v) is 4.59. The molecule has 4 rings (SSSR count). The molecule has 134 valence electrons. The minimum absolute atomic E-state index is 0.181. The summed E-state index contributed by atoms with van der Waals surface area (Å²) >= 11 is 1.87. The molecule has 0 N–H and O–H groups in total. The molecule has 0 saturated heterocycles. The topological polar surface area (TPSA) is 46.6 Å². The van der Waals surface area contributed by atoms with Gasteiger partial charge in [-0.1, -0.05) is 24.3 Å². The molecule has 2 heterocycles. The van der Waals surface area contributed by atoms with Crippen LogP contribution in [0.15, 0.2) is 47.4 Å². The second-order valence-corrected chi connectivity index (χ2v) is 7.66. The molecule has 0 saturated carbocycles. The van der Waals surface area contributed by atoms with Gasteiger partial charge in [0.15, 0.2) is 0 Å². The Morgan fingerprint density at radius 3 is 2.50 bits per heavy atom. The Morgan fingerprint density at radius 1 is 0.962 bits per heavy atom. The molecule has 0 unspecified atom stereocenters. The van der Waals surface area contributed by atoms with Crippen LogP contribution in [-0.4, -0.2) is 35.6 Å². The van der Waals surface area contributed by atoms with Crippen LogP contribution in [0.1, 0.15) is 45.5 Å². The number of thioether (sulfide) groups is 1. The fraction of sp³-hybridized carbons (Fsp3) is 0.333. The first-order valence-electron chi connectivity index (χ1n) is 9.08. The van der Waals surface area contributed by atoms with Crippen molar-refractivity contribution in [2.75, 3.05) is 18.9 Å². The molecular formula is C21H21NO3S. The van der Waals surface area contributed by atoms with Crippen molar-refractivity contribution in [3.05, 3.63) is 59.2 Å². The van der Waals surface area contributed by atoms with E-state index < -0.39 is 0 Å². The van der Waals surface area contributed by atoms with Gasteiger partial charge in [-0.05, 0) is 55.2 Å². The molecule has 2 amide bonds. The number of amides is 2. The van der Waals surface area contributed by atoms with Crippen LogP contribution in [0.3, 0.4) is 0 Å². The van der Waals surface area contributed by atoms with E-state index in [1.807, 2.05) is 17.8 Å². The normalized spacial score (nSPS) is 15.8. The largest absolute Gasteiger partial charge is 0.492 e. The summed E-state index contributed by atoms with van der Waals surface area (Å²) in [6.45, 7) is 1.04. The lowest BCUT2D eigenvalue weighted by Gasteiger charge is -2.19. The van der Waals surface area contributed by atoms with Crippen LogP contribution in [0.5, 0.6) is 5.75 Å². The number of ether oxygens (including phenoxy) is 1. The van der Waals surface area contributed by atoms with Gasteiger partial charge in [-0.15, -0.1) is 11.8 Å². The fourth-order valence-electron chi connectivity index (χ4n) is 3.47.